The molecule has 0 spiro atoms. The Balaban J connectivity index is 1.40. The van der Waals surface area contributed by atoms with Gasteiger partial charge in [-0.1, -0.05) is 18.1 Å². The molecule has 1 heterocycles. The minimum absolute atomic E-state index is 0.00598. The zero-order valence-corrected chi connectivity index (χ0v) is 19.7. The first-order valence-corrected chi connectivity index (χ1v) is 13.2. The molecule has 0 aliphatic heterocycles. The molecule has 0 amide bonds. The third-order valence-electron chi connectivity index (χ3n) is 7.25. The van der Waals surface area contributed by atoms with E-state index >= 15 is 0 Å². The Bertz CT molecular complexity index is 1210. The molecule has 1 aromatic heterocycles. The van der Waals surface area contributed by atoms with E-state index < -0.39 is 22.0 Å². The third-order valence-corrected chi connectivity index (χ3v) is 9.03. The van der Waals surface area contributed by atoms with E-state index in [9.17, 15) is 26.0 Å². The van der Waals surface area contributed by atoms with Gasteiger partial charge in [-0.15, -0.1) is 0 Å². The molecule has 0 bridgehead atoms. The van der Waals surface area contributed by atoms with Crippen molar-refractivity contribution in [1.82, 2.24) is 14.1 Å². The Morgan fingerprint density at radius 2 is 1.82 bits per heavy atom. The zero-order chi connectivity index (χ0) is 24.3. The van der Waals surface area contributed by atoms with Gasteiger partial charge in [-0.3, -0.25) is 0 Å². The number of rotatable bonds is 7. The van der Waals surface area contributed by atoms with Crippen LogP contribution in [0.5, 0.6) is 0 Å². The summed E-state index contributed by atoms with van der Waals surface area (Å²) in [7, 11) is -4.44. The first kappa shape index (κ1) is 23.5. The van der Waals surface area contributed by atoms with Crippen molar-refractivity contribution in [2.45, 2.75) is 51.1 Å². The summed E-state index contributed by atoms with van der Waals surface area (Å²) < 4.78 is 80.6. The number of allylic oxidation sites excluding steroid dienone is 1. The number of halogens is 4. The van der Waals surface area contributed by atoms with Gasteiger partial charge in [0.05, 0.1) is 17.6 Å². The standard InChI is InChI=1S/C24H27F4N3O2S/c1-15-21-11-29-31(20-8-6-19(25)7-9-20)22(21)10-17-4-5-18(23(15)17)13-30(12-16-2-3-16)34(32,33)14-24(26,27)28/h6-9,11,15-16,18H,2-5,10,12-14H2,1H3/t15-,18+/m0/s1. The zero-order valence-electron chi connectivity index (χ0n) is 18.9. The number of fused-ring (bicyclic) bond motifs is 1. The molecule has 2 aromatic rings. The Hall–Kier alpha value is -2.20. The Kier molecular flexibility index (Phi) is 5.87. The first-order chi connectivity index (χ1) is 16.0. The monoisotopic (exact) mass is 497 g/mol. The summed E-state index contributed by atoms with van der Waals surface area (Å²) >= 11 is 0. The van der Waals surface area contributed by atoms with Crippen molar-refractivity contribution in [2.24, 2.45) is 11.8 Å². The Labute approximate surface area is 196 Å². The summed E-state index contributed by atoms with van der Waals surface area (Å²) in [6.07, 6.45) is 0.924. The van der Waals surface area contributed by atoms with Crippen molar-refractivity contribution in [1.29, 1.82) is 0 Å². The maximum Gasteiger partial charge on any atom is 0.404 e. The topological polar surface area (TPSA) is 55.2 Å². The van der Waals surface area contributed by atoms with Gasteiger partial charge in [-0.25, -0.2) is 21.8 Å². The Morgan fingerprint density at radius 1 is 1.12 bits per heavy atom. The SMILES string of the molecule is C[C@@H]1C2=C(CC[C@@H]2CN(CC2CC2)S(=O)(=O)CC(F)(F)F)Cc2c1cnn2-c1ccc(F)cc1. The number of hydrogen-bond donors (Lipinski definition) is 0. The highest BCUT2D eigenvalue weighted by molar-refractivity contribution is 7.89. The quantitative estimate of drug-likeness (QED) is 0.401. The van der Waals surface area contributed by atoms with Crippen molar-refractivity contribution in [3.8, 4) is 5.69 Å². The summed E-state index contributed by atoms with van der Waals surface area (Å²) in [5, 5.41) is 4.52. The van der Waals surface area contributed by atoms with Gasteiger partial charge >= 0.3 is 6.18 Å². The fraction of sp³-hybridized carbons (Fsp3) is 0.542. The molecule has 3 aliphatic rings. The largest absolute Gasteiger partial charge is 0.404 e. The highest BCUT2D eigenvalue weighted by atomic mass is 32.2. The summed E-state index contributed by atoms with van der Waals surface area (Å²) in [4.78, 5) is 0. The van der Waals surface area contributed by atoms with Crippen LogP contribution in [0, 0.1) is 17.7 Å². The normalized spacial score (nSPS) is 22.9. The van der Waals surface area contributed by atoms with Crippen LogP contribution in [0.2, 0.25) is 0 Å². The maximum atomic E-state index is 13.4. The molecule has 184 valence electrons. The second-order valence-corrected chi connectivity index (χ2v) is 11.7. The van der Waals surface area contributed by atoms with Crippen LogP contribution in [0.1, 0.15) is 49.8 Å². The molecule has 1 saturated carbocycles. The van der Waals surface area contributed by atoms with E-state index in [2.05, 4.69) is 12.0 Å². The van der Waals surface area contributed by atoms with E-state index in [-0.39, 0.29) is 36.7 Å². The predicted molar refractivity (Wildman–Crippen MR) is 120 cm³/mol. The molecule has 5 rings (SSSR count). The molecular formula is C24H27F4N3O2S. The molecular weight excluding hydrogens is 470 g/mol. The van der Waals surface area contributed by atoms with Gasteiger partial charge < -0.3 is 0 Å². The van der Waals surface area contributed by atoms with Gasteiger partial charge in [0, 0.05) is 31.0 Å². The van der Waals surface area contributed by atoms with Crippen LogP contribution in [0.15, 0.2) is 41.6 Å². The lowest BCUT2D eigenvalue weighted by Crippen LogP contribution is -2.42. The van der Waals surface area contributed by atoms with Gasteiger partial charge in [0.2, 0.25) is 10.0 Å². The highest BCUT2D eigenvalue weighted by Gasteiger charge is 2.43. The van der Waals surface area contributed by atoms with Crippen LogP contribution in [-0.2, 0) is 16.4 Å². The summed E-state index contributed by atoms with van der Waals surface area (Å²) in [5.74, 6) is -2.09. The molecule has 0 N–H and O–H groups in total. The molecule has 0 unspecified atom stereocenters. The molecule has 1 fully saturated rings. The lowest BCUT2D eigenvalue weighted by Gasteiger charge is -2.31. The van der Waals surface area contributed by atoms with Crippen molar-refractivity contribution >= 4 is 10.0 Å². The maximum absolute atomic E-state index is 13.4. The van der Waals surface area contributed by atoms with Gasteiger partial charge in [0.15, 0.2) is 5.75 Å². The molecule has 1 aromatic carbocycles. The smallest absolute Gasteiger partial charge is 0.237 e. The van der Waals surface area contributed by atoms with E-state index in [1.54, 1.807) is 18.3 Å². The van der Waals surface area contributed by atoms with E-state index in [0.717, 1.165) is 52.5 Å². The van der Waals surface area contributed by atoms with Crippen molar-refractivity contribution in [2.75, 3.05) is 18.8 Å². The second kappa shape index (κ2) is 8.48. The fourth-order valence-electron chi connectivity index (χ4n) is 5.51. The van der Waals surface area contributed by atoms with Gasteiger partial charge in [-0.05, 0) is 61.8 Å². The summed E-state index contributed by atoms with van der Waals surface area (Å²) in [5.41, 5.74) is 5.19. The molecule has 10 heteroatoms. The number of sulfonamides is 1. The van der Waals surface area contributed by atoms with Crippen LogP contribution in [0.4, 0.5) is 17.6 Å². The van der Waals surface area contributed by atoms with Crippen molar-refractivity contribution < 1.29 is 26.0 Å². The fourth-order valence-corrected chi connectivity index (χ4v) is 6.95. The number of nitrogens with zero attached hydrogens (tertiary/aromatic N) is 3. The molecule has 3 aliphatic carbocycles. The van der Waals surface area contributed by atoms with Gasteiger partial charge in [0.25, 0.3) is 0 Å². The van der Waals surface area contributed by atoms with E-state index in [4.69, 9.17) is 0 Å². The minimum Gasteiger partial charge on any atom is -0.237 e. The highest BCUT2D eigenvalue weighted by Crippen LogP contribution is 2.48. The molecule has 5 nitrogen and oxygen atoms in total. The van der Waals surface area contributed by atoms with Crippen LogP contribution in [0.3, 0.4) is 0 Å². The van der Waals surface area contributed by atoms with Crippen molar-refractivity contribution in [3.63, 3.8) is 0 Å². The van der Waals surface area contributed by atoms with E-state index in [1.807, 2.05) is 4.68 Å². The molecule has 0 radical (unpaired) electrons. The lowest BCUT2D eigenvalue weighted by molar-refractivity contribution is -0.107. The lowest BCUT2D eigenvalue weighted by atomic mass is 9.80. The Morgan fingerprint density at radius 3 is 2.47 bits per heavy atom. The molecule has 0 saturated heterocycles. The van der Waals surface area contributed by atoms with E-state index in [0.29, 0.717) is 6.42 Å². The first-order valence-electron chi connectivity index (χ1n) is 11.6. The average molecular weight is 498 g/mol. The number of aromatic nitrogens is 2. The van der Waals surface area contributed by atoms with Gasteiger partial charge in [-0.2, -0.15) is 18.3 Å². The minimum atomic E-state index is -4.76. The second-order valence-electron chi connectivity index (χ2n) is 9.76. The van der Waals surface area contributed by atoms with E-state index in [1.165, 1.54) is 17.7 Å². The number of hydrogen-bond acceptors (Lipinski definition) is 3. The number of alkyl halides is 3. The third kappa shape index (κ3) is 4.66. The average Bonchev–Trinajstić information content (AvgIpc) is 3.31. The van der Waals surface area contributed by atoms with Crippen LogP contribution in [0.25, 0.3) is 5.69 Å². The molecule has 2 atom stereocenters. The predicted octanol–water partition coefficient (Wildman–Crippen LogP) is 4.98. The van der Waals surface area contributed by atoms with Crippen LogP contribution in [-0.4, -0.2) is 47.5 Å². The molecule has 34 heavy (non-hydrogen) atoms. The van der Waals surface area contributed by atoms with Crippen molar-refractivity contribution in [3.05, 3.63) is 58.7 Å². The summed E-state index contributed by atoms with van der Waals surface area (Å²) in [6, 6.07) is 6.13. The van der Waals surface area contributed by atoms with Gasteiger partial charge in [0.1, 0.15) is 5.82 Å². The number of benzene rings is 1. The summed E-state index contributed by atoms with van der Waals surface area (Å²) in [6.45, 7) is 2.32. The van der Waals surface area contributed by atoms with Crippen LogP contribution < -0.4 is 0 Å². The van der Waals surface area contributed by atoms with Crippen LogP contribution >= 0.6 is 0 Å².